The summed E-state index contributed by atoms with van der Waals surface area (Å²) in [6, 6.07) is 7.55. The molecule has 22 heavy (non-hydrogen) atoms. The van der Waals surface area contributed by atoms with E-state index in [0.717, 1.165) is 6.54 Å². The van der Waals surface area contributed by atoms with Crippen LogP contribution < -0.4 is 10.9 Å². The van der Waals surface area contributed by atoms with Crippen LogP contribution in [0.15, 0.2) is 35.4 Å². The van der Waals surface area contributed by atoms with Crippen molar-refractivity contribution in [2.75, 3.05) is 13.1 Å². The van der Waals surface area contributed by atoms with E-state index in [1.54, 1.807) is 18.2 Å². The number of hydrogen-bond acceptors (Lipinski definition) is 4. The van der Waals surface area contributed by atoms with E-state index in [1.165, 1.54) is 10.9 Å². The third-order valence-corrected chi connectivity index (χ3v) is 4.39. The Bertz CT molecular complexity index is 755. The minimum Gasteiger partial charge on any atom is -0.336 e. The molecule has 1 aliphatic rings. The summed E-state index contributed by atoms with van der Waals surface area (Å²) >= 11 is 0. The number of nitrogens with zero attached hydrogens (tertiary/aromatic N) is 3. The van der Waals surface area contributed by atoms with Crippen molar-refractivity contribution in [2.45, 2.75) is 32.5 Å². The maximum Gasteiger partial charge on any atom is 0.261 e. The Morgan fingerprint density at radius 2 is 2.14 bits per heavy atom. The fourth-order valence-electron chi connectivity index (χ4n) is 2.86. The number of aromatic nitrogens is 2. The van der Waals surface area contributed by atoms with Crippen LogP contribution in [0.2, 0.25) is 0 Å². The van der Waals surface area contributed by atoms with Crippen LogP contribution in [0.25, 0.3) is 10.9 Å². The Kier molecular flexibility index (Phi) is 3.94. The standard InChI is InChI=1S/C16H20N4O2/c1-11-12(2)20(8-7-17-11)15(21)9-19-10-18-14-6-4-3-5-13(14)16(19)22/h3-6,10-12,17H,7-9H2,1-2H3. The van der Waals surface area contributed by atoms with Crippen molar-refractivity contribution in [3.63, 3.8) is 0 Å². The number of amides is 1. The number of fused-ring (bicyclic) bond motifs is 1. The van der Waals surface area contributed by atoms with Crippen LogP contribution in [0.1, 0.15) is 13.8 Å². The Morgan fingerprint density at radius 3 is 2.95 bits per heavy atom. The van der Waals surface area contributed by atoms with Gasteiger partial charge in [0.1, 0.15) is 6.54 Å². The van der Waals surface area contributed by atoms with Crippen molar-refractivity contribution < 1.29 is 4.79 Å². The zero-order valence-corrected chi connectivity index (χ0v) is 12.8. The van der Waals surface area contributed by atoms with Gasteiger partial charge in [0.25, 0.3) is 5.56 Å². The molecule has 1 amide bonds. The lowest BCUT2D eigenvalue weighted by atomic mass is 10.1. The molecule has 0 aliphatic carbocycles. The fraction of sp³-hybridized carbons (Fsp3) is 0.438. The van der Waals surface area contributed by atoms with Gasteiger partial charge in [-0.15, -0.1) is 0 Å². The molecule has 1 aliphatic heterocycles. The zero-order chi connectivity index (χ0) is 15.7. The van der Waals surface area contributed by atoms with Crippen LogP contribution in [0.3, 0.4) is 0 Å². The van der Waals surface area contributed by atoms with Crippen molar-refractivity contribution in [3.05, 3.63) is 40.9 Å². The van der Waals surface area contributed by atoms with Crippen LogP contribution in [0.4, 0.5) is 0 Å². The Hall–Kier alpha value is -2.21. The summed E-state index contributed by atoms with van der Waals surface area (Å²) in [4.78, 5) is 31.0. The normalized spacial score (nSPS) is 22.0. The van der Waals surface area contributed by atoms with Gasteiger partial charge in [0, 0.05) is 25.2 Å². The van der Waals surface area contributed by atoms with Crippen LogP contribution in [0.5, 0.6) is 0 Å². The summed E-state index contributed by atoms with van der Waals surface area (Å²) in [6.07, 6.45) is 1.46. The molecule has 2 atom stereocenters. The van der Waals surface area contributed by atoms with Crippen LogP contribution in [-0.2, 0) is 11.3 Å². The molecule has 0 saturated carbocycles. The predicted molar refractivity (Wildman–Crippen MR) is 84.6 cm³/mol. The molecule has 6 heteroatoms. The van der Waals surface area contributed by atoms with Crippen molar-refractivity contribution in [1.29, 1.82) is 0 Å². The Labute approximate surface area is 128 Å². The van der Waals surface area contributed by atoms with Gasteiger partial charge in [-0.25, -0.2) is 4.98 Å². The summed E-state index contributed by atoms with van der Waals surface area (Å²) in [5, 5.41) is 3.88. The van der Waals surface area contributed by atoms with E-state index in [1.807, 2.05) is 17.9 Å². The molecule has 0 radical (unpaired) electrons. The van der Waals surface area contributed by atoms with E-state index < -0.39 is 0 Å². The van der Waals surface area contributed by atoms with Gasteiger partial charge in [-0.05, 0) is 26.0 Å². The highest BCUT2D eigenvalue weighted by Gasteiger charge is 2.28. The molecule has 2 aromatic rings. The summed E-state index contributed by atoms with van der Waals surface area (Å²) in [6.45, 7) is 5.57. The first-order chi connectivity index (χ1) is 10.6. The van der Waals surface area contributed by atoms with Gasteiger partial charge in [-0.2, -0.15) is 0 Å². The predicted octanol–water partition coefficient (Wildman–Crippen LogP) is 0.605. The van der Waals surface area contributed by atoms with Gasteiger partial charge < -0.3 is 10.2 Å². The lowest BCUT2D eigenvalue weighted by Gasteiger charge is -2.38. The van der Waals surface area contributed by atoms with Gasteiger partial charge in [0.15, 0.2) is 0 Å². The smallest absolute Gasteiger partial charge is 0.261 e. The number of rotatable bonds is 2. The second-order valence-electron chi connectivity index (χ2n) is 5.77. The first kappa shape index (κ1) is 14.7. The molecule has 6 nitrogen and oxygen atoms in total. The van der Waals surface area contributed by atoms with Crippen LogP contribution >= 0.6 is 0 Å². The maximum absolute atomic E-state index is 12.5. The fourth-order valence-corrected chi connectivity index (χ4v) is 2.86. The third-order valence-electron chi connectivity index (χ3n) is 4.39. The topological polar surface area (TPSA) is 67.2 Å². The average Bonchev–Trinajstić information content (AvgIpc) is 2.53. The number of nitrogens with one attached hydrogen (secondary N) is 1. The molecule has 1 N–H and O–H groups in total. The van der Waals surface area contributed by atoms with Gasteiger partial charge in [0.05, 0.1) is 17.2 Å². The lowest BCUT2D eigenvalue weighted by molar-refractivity contribution is -0.135. The minimum absolute atomic E-state index is 0.0354. The van der Waals surface area contributed by atoms with Crippen molar-refractivity contribution in [2.24, 2.45) is 0 Å². The molecule has 2 heterocycles. The summed E-state index contributed by atoms with van der Waals surface area (Å²) in [5.74, 6) is -0.0416. The number of carbonyl (C=O) groups excluding carboxylic acids is 1. The molecule has 0 spiro atoms. The van der Waals surface area contributed by atoms with E-state index in [9.17, 15) is 9.59 Å². The van der Waals surface area contributed by atoms with Gasteiger partial charge >= 0.3 is 0 Å². The SMILES string of the molecule is CC1NCCN(C(=O)Cn2cnc3ccccc3c2=O)C1C. The van der Waals surface area contributed by atoms with E-state index in [2.05, 4.69) is 17.2 Å². The quantitative estimate of drug-likeness (QED) is 0.882. The molecule has 3 rings (SSSR count). The van der Waals surface area contributed by atoms with E-state index >= 15 is 0 Å². The summed E-state index contributed by atoms with van der Waals surface area (Å²) in [5.41, 5.74) is 0.482. The minimum atomic E-state index is -0.171. The highest BCUT2D eigenvalue weighted by Crippen LogP contribution is 2.10. The molecule has 116 valence electrons. The van der Waals surface area contributed by atoms with Gasteiger partial charge in [0.2, 0.25) is 5.91 Å². The molecule has 1 aromatic heterocycles. The lowest BCUT2D eigenvalue weighted by Crippen LogP contribution is -2.58. The largest absolute Gasteiger partial charge is 0.336 e. The van der Waals surface area contributed by atoms with Gasteiger partial charge in [-0.1, -0.05) is 12.1 Å². The van der Waals surface area contributed by atoms with E-state index in [0.29, 0.717) is 17.4 Å². The van der Waals surface area contributed by atoms with E-state index in [-0.39, 0.29) is 30.1 Å². The molecular weight excluding hydrogens is 280 g/mol. The first-order valence-electron chi connectivity index (χ1n) is 7.55. The highest BCUT2D eigenvalue weighted by molar-refractivity contribution is 5.79. The number of hydrogen-bond donors (Lipinski definition) is 1. The highest BCUT2D eigenvalue weighted by atomic mass is 16.2. The third kappa shape index (κ3) is 2.62. The monoisotopic (exact) mass is 300 g/mol. The molecule has 0 bridgehead atoms. The van der Waals surface area contributed by atoms with E-state index in [4.69, 9.17) is 0 Å². The molecule has 2 unspecified atom stereocenters. The van der Waals surface area contributed by atoms with Crippen molar-refractivity contribution in [1.82, 2.24) is 19.8 Å². The second kappa shape index (κ2) is 5.88. The second-order valence-corrected chi connectivity index (χ2v) is 5.77. The molecule has 1 aromatic carbocycles. The number of benzene rings is 1. The summed E-state index contributed by atoms with van der Waals surface area (Å²) in [7, 11) is 0. The first-order valence-corrected chi connectivity index (χ1v) is 7.55. The van der Waals surface area contributed by atoms with Crippen molar-refractivity contribution >= 4 is 16.8 Å². The molecule has 1 fully saturated rings. The molecular formula is C16H20N4O2. The van der Waals surface area contributed by atoms with Crippen LogP contribution in [-0.4, -0.2) is 45.5 Å². The van der Waals surface area contributed by atoms with Crippen LogP contribution in [0, 0.1) is 0 Å². The number of piperazine rings is 1. The number of carbonyl (C=O) groups is 1. The average molecular weight is 300 g/mol. The number of para-hydroxylation sites is 1. The Balaban J connectivity index is 1.85. The maximum atomic E-state index is 12.5. The Morgan fingerprint density at radius 1 is 1.36 bits per heavy atom. The molecule has 1 saturated heterocycles. The zero-order valence-electron chi connectivity index (χ0n) is 12.8. The summed E-state index contributed by atoms with van der Waals surface area (Å²) < 4.78 is 1.39. The van der Waals surface area contributed by atoms with Crippen molar-refractivity contribution in [3.8, 4) is 0 Å². The van der Waals surface area contributed by atoms with Gasteiger partial charge in [-0.3, -0.25) is 14.2 Å².